The van der Waals surface area contributed by atoms with E-state index in [1.165, 1.54) is 0 Å². The van der Waals surface area contributed by atoms with Crippen LogP contribution in [0.3, 0.4) is 0 Å². The molecule has 5 nitrogen and oxygen atoms in total. The number of nitrogens with two attached hydrogens (primary N) is 1. The molecule has 0 spiro atoms. The van der Waals surface area contributed by atoms with Crippen LogP contribution in [0.2, 0.25) is 0 Å². The van der Waals surface area contributed by atoms with E-state index >= 15 is 0 Å². The molecule has 0 heterocycles. The van der Waals surface area contributed by atoms with Gasteiger partial charge in [0, 0.05) is 13.0 Å². The number of rotatable bonds is 6. The van der Waals surface area contributed by atoms with Gasteiger partial charge in [-0.3, -0.25) is 9.59 Å². The van der Waals surface area contributed by atoms with Crippen LogP contribution < -0.4 is 11.1 Å². The van der Waals surface area contributed by atoms with Crippen LogP contribution in [0.1, 0.15) is 35.2 Å². The van der Waals surface area contributed by atoms with Crippen molar-refractivity contribution in [2.45, 2.75) is 26.2 Å². The summed E-state index contributed by atoms with van der Waals surface area (Å²) >= 11 is 0. The van der Waals surface area contributed by atoms with E-state index in [0.717, 1.165) is 5.56 Å². The Bertz CT molecular complexity index is 444. The summed E-state index contributed by atoms with van der Waals surface area (Å²) in [6, 6.07) is 4.90. The molecule has 2 amide bonds. The van der Waals surface area contributed by atoms with Gasteiger partial charge in [0.2, 0.25) is 5.91 Å². The van der Waals surface area contributed by atoms with Crippen LogP contribution in [0.25, 0.3) is 0 Å². The van der Waals surface area contributed by atoms with Crippen molar-refractivity contribution in [1.82, 2.24) is 5.32 Å². The van der Waals surface area contributed by atoms with Crippen molar-refractivity contribution in [2.75, 3.05) is 6.54 Å². The van der Waals surface area contributed by atoms with Gasteiger partial charge in [0.05, 0.1) is 5.56 Å². The zero-order valence-corrected chi connectivity index (χ0v) is 10.4. The molecule has 0 bridgehead atoms. The molecular formula is C13H18N2O3. The summed E-state index contributed by atoms with van der Waals surface area (Å²) in [5.74, 6) is -0.672. The van der Waals surface area contributed by atoms with Gasteiger partial charge in [0.25, 0.3) is 5.91 Å². The lowest BCUT2D eigenvalue weighted by Crippen LogP contribution is -2.24. The first-order valence-corrected chi connectivity index (χ1v) is 5.87. The van der Waals surface area contributed by atoms with Gasteiger partial charge in [0.1, 0.15) is 5.75 Å². The molecule has 0 aliphatic carbocycles. The Kier molecular flexibility index (Phi) is 5.17. The number of amides is 2. The first-order valence-electron chi connectivity index (χ1n) is 5.87. The molecule has 0 unspecified atom stereocenters. The van der Waals surface area contributed by atoms with E-state index in [0.29, 0.717) is 25.8 Å². The van der Waals surface area contributed by atoms with E-state index < -0.39 is 0 Å². The van der Waals surface area contributed by atoms with E-state index in [9.17, 15) is 14.7 Å². The average molecular weight is 250 g/mol. The molecule has 0 aliphatic rings. The van der Waals surface area contributed by atoms with Gasteiger partial charge in [0.15, 0.2) is 0 Å². The van der Waals surface area contributed by atoms with Crippen molar-refractivity contribution in [2.24, 2.45) is 5.73 Å². The van der Waals surface area contributed by atoms with E-state index in [-0.39, 0.29) is 23.1 Å². The third kappa shape index (κ3) is 4.45. The highest BCUT2D eigenvalue weighted by atomic mass is 16.3. The number of nitrogens with one attached hydrogen (secondary N) is 1. The van der Waals surface area contributed by atoms with Crippen molar-refractivity contribution < 1.29 is 14.7 Å². The Hall–Kier alpha value is -2.04. The molecule has 5 heteroatoms. The zero-order chi connectivity index (χ0) is 13.5. The summed E-state index contributed by atoms with van der Waals surface area (Å²) in [7, 11) is 0. The maximum Gasteiger partial charge on any atom is 0.255 e. The summed E-state index contributed by atoms with van der Waals surface area (Å²) in [5.41, 5.74) is 6.15. The Morgan fingerprint density at radius 1 is 1.33 bits per heavy atom. The zero-order valence-electron chi connectivity index (χ0n) is 10.4. The summed E-state index contributed by atoms with van der Waals surface area (Å²) in [6.07, 6.45) is 1.66. The highest BCUT2D eigenvalue weighted by molar-refractivity contribution is 5.96. The normalized spacial score (nSPS) is 10.1. The van der Waals surface area contributed by atoms with Crippen LogP contribution in [0.5, 0.6) is 5.75 Å². The SMILES string of the molecule is Cc1ccc(C(=O)NCCCCC(N)=O)c(O)c1. The van der Waals surface area contributed by atoms with Gasteiger partial charge in [-0.25, -0.2) is 0 Å². The maximum atomic E-state index is 11.7. The minimum atomic E-state index is -0.336. The van der Waals surface area contributed by atoms with Crippen LogP contribution in [0.15, 0.2) is 18.2 Å². The fourth-order valence-corrected chi connectivity index (χ4v) is 1.56. The number of aromatic hydroxyl groups is 1. The second-order valence-electron chi connectivity index (χ2n) is 4.20. The predicted octanol–water partition coefficient (Wildman–Crippen LogP) is 1.09. The number of benzene rings is 1. The monoisotopic (exact) mass is 250 g/mol. The first-order chi connectivity index (χ1) is 8.50. The number of phenols is 1. The minimum absolute atomic E-state index is 0.0235. The second kappa shape index (κ2) is 6.64. The molecule has 1 aromatic rings. The van der Waals surface area contributed by atoms with Gasteiger partial charge in [-0.2, -0.15) is 0 Å². The van der Waals surface area contributed by atoms with Gasteiger partial charge >= 0.3 is 0 Å². The highest BCUT2D eigenvalue weighted by Crippen LogP contribution is 2.17. The lowest BCUT2D eigenvalue weighted by molar-refractivity contribution is -0.118. The standard InChI is InChI=1S/C13H18N2O3/c1-9-5-6-10(11(16)8-9)13(18)15-7-3-2-4-12(14)17/h5-6,8,16H,2-4,7H2,1H3,(H2,14,17)(H,15,18). The summed E-state index contributed by atoms with van der Waals surface area (Å²) in [6.45, 7) is 2.30. The van der Waals surface area contributed by atoms with Crippen LogP contribution in [0.4, 0.5) is 0 Å². The van der Waals surface area contributed by atoms with E-state index in [1.54, 1.807) is 18.2 Å². The van der Waals surface area contributed by atoms with Crippen molar-refractivity contribution in [3.05, 3.63) is 29.3 Å². The number of phenolic OH excluding ortho intramolecular Hbond substituents is 1. The quantitative estimate of drug-likeness (QED) is 0.660. The molecule has 0 atom stereocenters. The van der Waals surface area contributed by atoms with E-state index in [2.05, 4.69) is 5.32 Å². The van der Waals surface area contributed by atoms with Crippen molar-refractivity contribution in [3.8, 4) is 5.75 Å². The molecule has 0 saturated carbocycles. The molecule has 0 aliphatic heterocycles. The Balaban J connectivity index is 2.39. The van der Waals surface area contributed by atoms with Gasteiger partial charge in [-0.1, -0.05) is 6.07 Å². The number of unbranched alkanes of at least 4 members (excludes halogenated alkanes) is 1. The number of hydrogen-bond acceptors (Lipinski definition) is 3. The first kappa shape index (κ1) is 14.0. The third-order valence-electron chi connectivity index (χ3n) is 2.53. The van der Waals surface area contributed by atoms with Crippen LogP contribution in [0, 0.1) is 6.92 Å². The number of hydrogen-bond donors (Lipinski definition) is 3. The van der Waals surface area contributed by atoms with Gasteiger partial charge < -0.3 is 16.2 Å². The summed E-state index contributed by atoms with van der Waals surface area (Å²) in [4.78, 5) is 22.2. The van der Waals surface area contributed by atoms with E-state index in [1.807, 2.05) is 6.92 Å². The number of primary amides is 1. The molecule has 1 rings (SSSR count). The lowest BCUT2D eigenvalue weighted by atomic mass is 10.1. The van der Waals surface area contributed by atoms with Crippen molar-refractivity contribution in [1.29, 1.82) is 0 Å². The fraction of sp³-hybridized carbons (Fsp3) is 0.385. The predicted molar refractivity (Wildman–Crippen MR) is 68.2 cm³/mol. The van der Waals surface area contributed by atoms with Crippen molar-refractivity contribution >= 4 is 11.8 Å². The summed E-state index contributed by atoms with van der Waals surface area (Å²) < 4.78 is 0. The minimum Gasteiger partial charge on any atom is -0.507 e. The highest BCUT2D eigenvalue weighted by Gasteiger charge is 2.09. The molecule has 4 N–H and O–H groups in total. The number of carbonyl (C=O) groups excluding carboxylic acids is 2. The second-order valence-corrected chi connectivity index (χ2v) is 4.20. The Morgan fingerprint density at radius 2 is 2.06 bits per heavy atom. The molecule has 0 saturated heterocycles. The van der Waals surface area contributed by atoms with Crippen LogP contribution in [-0.2, 0) is 4.79 Å². The number of carbonyl (C=O) groups is 2. The summed E-state index contributed by atoms with van der Waals surface area (Å²) in [5, 5.41) is 12.3. The topological polar surface area (TPSA) is 92.4 Å². The largest absolute Gasteiger partial charge is 0.507 e. The molecule has 18 heavy (non-hydrogen) atoms. The molecular weight excluding hydrogens is 232 g/mol. The van der Waals surface area contributed by atoms with Crippen molar-refractivity contribution in [3.63, 3.8) is 0 Å². The smallest absolute Gasteiger partial charge is 0.255 e. The Labute approximate surface area is 106 Å². The number of aryl methyl sites for hydroxylation is 1. The molecule has 0 aromatic heterocycles. The average Bonchev–Trinajstić information content (AvgIpc) is 2.27. The molecule has 98 valence electrons. The maximum absolute atomic E-state index is 11.7. The Morgan fingerprint density at radius 3 is 2.67 bits per heavy atom. The fourth-order valence-electron chi connectivity index (χ4n) is 1.56. The van der Waals surface area contributed by atoms with Crippen LogP contribution in [-0.4, -0.2) is 23.5 Å². The van der Waals surface area contributed by atoms with Gasteiger partial charge in [-0.15, -0.1) is 0 Å². The van der Waals surface area contributed by atoms with Crippen LogP contribution >= 0.6 is 0 Å². The molecule has 0 fully saturated rings. The lowest BCUT2D eigenvalue weighted by Gasteiger charge is -2.07. The molecule has 1 aromatic carbocycles. The van der Waals surface area contributed by atoms with E-state index in [4.69, 9.17) is 5.73 Å². The van der Waals surface area contributed by atoms with Gasteiger partial charge in [-0.05, 0) is 37.5 Å². The third-order valence-corrected chi connectivity index (χ3v) is 2.53. The molecule has 0 radical (unpaired) electrons.